The maximum absolute atomic E-state index is 8.59. The van der Waals surface area contributed by atoms with Gasteiger partial charge in [0.2, 0.25) is 0 Å². The maximum atomic E-state index is 8.59. The second-order valence-electron chi connectivity index (χ2n) is 3.95. The van der Waals surface area contributed by atoms with Crippen molar-refractivity contribution >= 4 is 0 Å². The Morgan fingerprint density at radius 2 is 1.93 bits per heavy atom. The number of ether oxygens (including phenoxy) is 3. The Kier molecular flexibility index (Phi) is 4.81. The molecule has 2 fully saturated rings. The molecule has 0 aromatic carbocycles. The van der Waals surface area contributed by atoms with E-state index in [4.69, 9.17) is 19.3 Å². The van der Waals surface area contributed by atoms with E-state index >= 15 is 0 Å². The molecule has 0 aliphatic carbocycles. The number of rotatable bonds is 1. The molecule has 2 aliphatic heterocycles. The van der Waals surface area contributed by atoms with E-state index in [1.807, 2.05) is 13.8 Å². The topological polar surface area (TPSA) is 47.9 Å². The van der Waals surface area contributed by atoms with Crippen molar-refractivity contribution in [1.29, 1.82) is 0 Å². The highest BCUT2D eigenvalue weighted by Crippen LogP contribution is 2.21. The molecule has 0 aromatic heterocycles. The van der Waals surface area contributed by atoms with E-state index in [9.17, 15) is 0 Å². The van der Waals surface area contributed by atoms with Gasteiger partial charge in [0.25, 0.3) is 0 Å². The average Bonchev–Trinajstić information content (AvgIpc) is 2.76. The number of hydrogen-bond acceptors (Lipinski definition) is 4. The molecule has 2 saturated heterocycles. The van der Waals surface area contributed by atoms with Crippen LogP contribution in [0.25, 0.3) is 0 Å². The van der Waals surface area contributed by atoms with Gasteiger partial charge in [-0.25, -0.2) is 0 Å². The van der Waals surface area contributed by atoms with E-state index < -0.39 is 5.79 Å². The van der Waals surface area contributed by atoms with Crippen molar-refractivity contribution in [2.45, 2.75) is 38.6 Å². The summed E-state index contributed by atoms with van der Waals surface area (Å²) in [7, 11) is 0. The zero-order valence-corrected chi connectivity index (χ0v) is 8.99. The molecule has 0 saturated carbocycles. The molecule has 1 N–H and O–H groups in total. The fourth-order valence-electron chi connectivity index (χ4n) is 1.36. The molecule has 4 heteroatoms. The number of hydrogen-bond donors (Lipinski definition) is 1. The first-order valence-corrected chi connectivity index (χ1v) is 5.14. The molecular weight excluding hydrogens is 184 g/mol. The van der Waals surface area contributed by atoms with Gasteiger partial charge in [-0.05, 0) is 26.7 Å². The third-order valence-electron chi connectivity index (χ3n) is 2.10. The fraction of sp³-hybridized carbons (Fsp3) is 1.00. The predicted molar refractivity (Wildman–Crippen MR) is 52.0 cm³/mol. The minimum absolute atomic E-state index is 0.0451. The Morgan fingerprint density at radius 1 is 1.29 bits per heavy atom. The Morgan fingerprint density at radius 3 is 2.14 bits per heavy atom. The summed E-state index contributed by atoms with van der Waals surface area (Å²) < 4.78 is 15.3. The van der Waals surface area contributed by atoms with E-state index in [1.165, 1.54) is 12.8 Å². The average molecular weight is 204 g/mol. The van der Waals surface area contributed by atoms with Crippen LogP contribution in [0, 0.1) is 0 Å². The molecule has 2 rings (SSSR count). The molecule has 0 radical (unpaired) electrons. The molecule has 1 unspecified atom stereocenters. The van der Waals surface area contributed by atoms with Crippen LogP contribution in [0.3, 0.4) is 0 Å². The van der Waals surface area contributed by atoms with Crippen LogP contribution in [0.15, 0.2) is 0 Å². The van der Waals surface area contributed by atoms with Crippen molar-refractivity contribution in [3.63, 3.8) is 0 Å². The SMILES string of the molecule is C1CCOC1.CC1(C)OCC(CO)O1. The molecule has 0 aromatic rings. The molecule has 1 atom stereocenters. The van der Waals surface area contributed by atoms with Gasteiger partial charge in [0.1, 0.15) is 6.10 Å². The van der Waals surface area contributed by atoms with Crippen LogP contribution in [-0.2, 0) is 14.2 Å². The van der Waals surface area contributed by atoms with Gasteiger partial charge in [-0.2, -0.15) is 0 Å². The third-order valence-corrected chi connectivity index (χ3v) is 2.10. The van der Waals surface area contributed by atoms with Gasteiger partial charge < -0.3 is 19.3 Å². The van der Waals surface area contributed by atoms with Crippen LogP contribution in [0.4, 0.5) is 0 Å². The lowest BCUT2D eigenvalue weighted by Crippen LogP contribution is -2.22. The zero-order valence-electron chi connectivity index (χ0n) is 8.99. The second-order valence-corrected chi connectivity index (χ2v) is 3.95. The molecule has 0 bridgehead atoms. The first-order valence-electron chi connectivity index (χ1n) is 5.14. The normalized spacial score (nSPS) is 29.8. The van der Waals surface area contributed by atoms with Crippen LogP contribution in [-0.4, -0.2) is 43.4 Å². The van der Waals surface area contributed by atoms with Crippen LogP contribution in [0.2, 0.25) is 0 Å². The van der Waals surface area contributed by atoms with Gasteiger partial charge in [0.15, 0.2) is 5.79 Å². The first kappa shape index (κ1) is 11.9. The molecule has 0 spiro atoms. The Labute approximate surface area is 85.2 Å². The summed E-state index contributed by atoms with van der Waals surface area (Å²) in [6.07, 6.45) is 2.43. The standard InChI is InChI=1S/C6H12O3.C4H8O/c1-6(2)8-4-5(3-7)9-6;1-2-4-5-3-1/h5,7H,3-4H2,1-2H3;1-4H2. The van der Waals surface area contributed by atoms with Crippen molar-refractivity contribution in [3.8, 4) is 0 Å². The summed E-state index contributed by atoms with van der Waals surface area (Å²) in [5, 5.41) is 8.59. The molecule has 2 aliphatic rings. The van der Waals surface area contributed by atoms with E-state index in [-0.39, 0.29) is 12.7 Å². The van der Waals surface area contributed by atoms with Gasteiger partial charge >= 0.3 is 0 Å². The Bertz CT molecular complexity index is 147. The lowest BCUT2D eigenvalue weighted by Gasteiger charge is -2.15. The minimum atomic E-state index is -0.493. The number of aliphatic hydroxyl groups excluding tert-OH is 1. The van der Waals surface area contributed by atoms with Gasteiger partial charge in [0, 0.05) is 13.2 Å². The van der Waals surface area contributed by atoms with Crippen LogP contribution in [0.1, 0.15) is 26.7 Å². The molecule has 2 heterocycles. The van der Waals surface area contributed by atoms with E-state index in [1.54, 1.807) is 0 Å². The second kappa shape index (κ2) is 5.66. The molecule has 0 amide bonds. The smallest absolute Gasteiger partial charge is 0.163 e. The van der Waals surface area contributed by atoms with E-state index in [0.717, 1.165) is 13.2 Å². The third kappa shape index (κ3) is 4.37. The van der Waals surface area contributed by atoms with Crippen LogP contribution < -0.4 is 0 Å². The van der Waals surface area contributed by atoms with Crippen molar-refractivity contribution in [2.24, 2.45) is 0 Å². The summed E-state index contributed by atoms with van der Waals surface area (Å²) in [4.78, 5) is 0. The highest BCUT2D eigenvalue weighted by molar-refractivity contribution is 4.69. The highest BCUT2D eigenvalue weighted by Gasteiger charge is 2.31. The monoisotopic (exact) mass is 204 g/mol. The van der Waals surface area contributed by atoms with Gasteiger partial charge in [-0.3, -0.25) is 0 Å². The number of aliphatic hydroxyl groups is 1. The minimum Gasteiger partial charge on any atom is -0.394 e. The van der Waals surface area contributed by atoms with E-state index in [2.05, 4.69) is 0 Å². The van der Waals surface area contributed by atoms with Crippen molar-refractivity contribution in [3.05, 3.63) is 0 Å². The van der Waals surface area contributed by atoms with Crippen LogP contribution >= 0.6 is 0 Å². The lowest BCUT2D eigenvalue weighted by molar-refractivity contribution is -0.142. The Hall–Kier alpha value is -0.160. The van der Waals surface area contributed by atoms with Crippen molar-refractivity contribution in [2.75, 3.05) is 26.4 Å². The van der Waals surface area contributed by atoms with Crippen molar-refractivity contribution in [1.82, 2.24) is 0 Å². The maximum Gasteiger partial charge on any atom is 0.163 e. The molecular formula is C10H20O4. The first-order chi connectivity index (χ1) is 6.64. The Balaban J connectivity index is 0.000000165. The summed E-state index contributed by atoms with van der Waals surface area (Å²) >= 11 is 0. The lowest BCUT2D eigenvalue weighted by atomic mass is 10.4. The molecule has 14 heavy (non-hydrogen) atoms. The predicted octanol–water partition coefficient (Wildman–Crippen LogP) is 0.927. The molecule has 4 nitrogen and oxygen atoms in total. The zero-order chi connectivity index (χ0) is 10.4. The van der Waals surface area contributed by atoms with Gasteiger partial charge in [0.05, 0.1) is 13.2 Å². The van der Waals surface area contributed by atoms with Crippen molar-refractivity contribution < 1.29 is 19.3 Å². The van der Waals surface area contributed by atoms with Gasteiger partial charge in [-0.15, -0.1) is 0 Å². The quantitative estimate of drug-likeness (QED) is 0.690. The summed E-state index contributed by atoms with van der Waals surface area (Å²) in [5.74, 6) is -0.493. The molecule has 84 valence electrons. The van der Waals surface area contributed by atoms with Gasteiger partial charge in [-0.1, -0.05) is 0 Å². The van der Waals surface area contributed by atoms with E-state index in [0.29, 0.717) is 6.61 Å². The highest BCUT2D eigenvalue weighted by atomic mass is 16.7. The summed E-state index contributed by atoms with van der Waals surface area (Å²) in [5.41, 5.74) is 0. The summed E-state index contributed by atoms with van der Waals surface area (Å²) in [6.45, 7) is 6.22. The summed E-state index contributed by atoms with van der Waals surface area (Å²) in [6, 6.07) is 0. The largest absolute Gasteiger partial charge is 0.394 e. The van der Waals surface area contributed by atoms with Crippen LogP contribution in [0.5, 0.6) is 0 Å². The fourth-order valence-corrected chi connectivity index (χ4v) is 1.36.